The molecule has 146 valence electrons. The van der Waals surface area contributed by atoms with Crippen molar-refractivity contribution in [3.8, 4) is 0 Å². The molecule has 7 heteroatoms. The van der Waals surface area contributed by atoms with Crippen LogP contribution in [-0.2, 0) is 9.59 Å². The molecule has 2 amide bonds. The summed E-state index contributed by atoms with van der Waals surface area (Å²) in [6, 6.07) is 9.33. The van der Waals surface area contributed by atoms with Crippen molar-refractivity contribution in [2.75, 3.05) is 22.9 Å². The molecule has 0 saturated carbocycles. The Labute approximate surface area is 169 Å². The number of thiocarbonyl (C=S) groups is 1. The molecule has 1 N–H and O–H groups in total. The Morgan fingerprint density at radius 2 is 1.86 bits per heavy atom. The van der Waals surface area contributed by atoms with Gasteiger partial charge in [0.25, 0.3) is 11.8 Å². The summed E-state index contributed by atoms with van der Waals surface area (Å²) in [5.41, 5.74) is 2.52. The molecule has 1 aromatic carbocycles. The van der Waals surface area contributed by atoms with Crippen molar-refractivity contribution in [3.05, 3.63) is 52.8 Å². The van der Waals surface area contributed by atoms with E-state index in [9.17, 15) is 9.59 Å². The lowest BCUT2D eigenvalue weighted by Crippen LogP contribution is -2.54. The molecular formula is C21H23N3O3S. The first-order chi connectivity index (χ1) is 13.3. The van der Waals surface area contributed by atoms with Crippen molar-refractivity contribution in [2.45, 2.75) is 27.7 Å². The third kappa shape index (κ3) is 3.71. The number of amides is 2. The van der Waals surface area contributed by atoms with Crippen LogP contribution in [-0.4, -0.2) is 30.0 Å². The van der Waals surface area contributed by atoms with Crippen LogP contribution < -0.4 is 15.1 Å². The largest absolute Gasteiger partial charge is 0.441 e. The predicted molar refractivity (Wildman–Crippen MR) is 114 cm³/mol. The molecule has 0 aliphatic carbocycles. The van der Waals surface area contributed by atoms with Gasteiger partial charge in [0.15, 0.2) is 11.0 Å². The highest BCUT2D eigenvalue weighted by Gasteiger charge is 2.35. The van der Waals surface area contributed by atoms with Gasteiger partial charge in [0.2, 0.25) is 0 Å². The van der Waals surface area contributed by atoms with Gasteiger partial charge in [-0.1, -0.05) is 12.1 Å². The molecule has 1 aliphatic rings. The summed E-state index contributed by atoms with van der Waals surface area (Å²) >= 11 is 5.27. The van der Waals surface area contributed by atoms with Crippen LogP contribution in [0.5, 0.6) is 0 Å². The minimum absolute atomic E-state index is 0.0186. The smallest absolute Gasteiger partial charge is 0.270 e. The maximum atomic E-state index is 13.1. The van der Waals surface area contributed by atoms with Crippen LogP contribution in [0.15, 0.2) is 40.3 Å². The molecule has 1 aliphatic heterocycles. The van der Waals surface area contributed by atoms with E-state index in [1.165, 1.54) is 11.0 Å². The van der Waals surface area contributed by atoms with Gasteiger partial charge < -0.3 is 9.32 Å². The zero-order chi connectivity index (χ0) is 20.4. The Morgan fingerprint density at radius 3 is 2.54 bits per heavy atom. The van der Waals surface area contributed by atoms with Gasteiger partial charge >= 0.3 is 0 Å². The molecular weight excluding hydrogens is 374 g/mol. The van der Waals surface area contributed by atoms with E-state index in [1.807, 2.05) is 56.9 Å². The molecule has 0 radical (unpaired) electrons. The summed E-state index contributed by atoms with van der Waals surface area (Å²) in [5.74, 6) is 0.136. The standard InChI is InChI=1S/C21H23N3O3S/c1-5-23(6-2)18-10-9-15(27-18)12-16-19(25)22-21(28)24(20(16)26)17-11-13(3)7-8-14(17)4/h7-12H,5-6H2,1-4H3,(H,22,25,28)/b16-12+. The number of hydrogen-bond acceptors (Lipinski definition) is 5. The maximum Gasteiger partial charge on any atom is 0.270 e. The fourth-order valence-electron chi connectivity index (χ4n) is 3.10. The number of nitrogens with one attached hydrogen (secondary N) is 1. The summed E-state index contributed by atoms with van der Waals surface area (Å²) in [5, 5.41) is 2.68. The van der Waals surface area contributed by atoms with E-state index in [4.69, 9.17) is 16.6 Å². The van der Waals surface area contributed by atoms with E-state index in [2.05, 4.69) is 5.32 Å². The summed E-state index contributed by atoms with van der Waals surface area (Å²) in [7, 11) is 0. The molecule has 3 rings (SSSR count). The number of carbonyl (C=O) groups excluding carboxylic acids is 2. The molecule has 2 aromatic rings. The summed E-state index contributed by atoms with van der Waals surface area (Å²) in [6.45, 7) is 9.50. The van der Waals surface area contributed by atoms with Crippen LogP contribution in [0.4, 0.5) is 11.6 Å². The Hall–Kier alpha value is -2.93. The Morgan fingerprint density at radius 1 is 1.14 bits per heavy atom. The highest BCUT2D eigenvalue weighted by atomic mass is 32.1. The fourth-order valence-corrected chi connectivity index (χ4v) is 3.38. The lowest BCUT2D eigenvalue weighted by atomic mass is 10.1. The zero-order valence-electron chi connectivity index (χ0n) is 16.4. The van der Waals surface area contributed by atoms with Crippen molar-refractivity contribution >= 4 is 46.8 Å². The maximum absolute atomic E-state index is 13.1. The van der Waals surface area contributed by atoms with E-state index in [-0.39, 0.29) is 10.7 Å². The first-order valence-corrected chi connectivity index (χ1v) is 9.60. The van der Waals surface area contributed by atoms with Gasteiger partial charge in [-0.2, -0.15) is 0 Å². The van der Waals surface area contributed by atoms with Crippen LogP contribution in [0.25, 0.3) is 6.08 Å². The van der Waals surface area contributed by atoms with Crippen LogP contribution in [0, 0.1) is 13.8 Å². The number of hydrogen-bond donors (Lipinski definition) is 1. The minimum atomic E-state index is -0.530. The third-order valence-corrected chi connectivity index (χ3v) is 4.97. The zero-order valence-corrected chi connectivity index (χ0v) is 17.2. The number of furan rings is 1. The molecule has 0 bridgehead atoms. The summed E-state index contributed by atoms with van der Waals surface area (Å²) in [4.78, 5) is 29.0. The van der Waals surface area contributed by atoms with Crippen LogP contribution in [0.3, 0.4) is 0 Å². The summed E-state index contributed by atoms with van der Waals surface area (Å²) in [6.07, 6.45) is 1.46. The minimum Gasteiger partial charge on any atom is -0.441 e. The van der Waals surface area contributed by atoms with E-state index in [1.54, 1.807) is 6.07 Å². The van der Waals surface area contributed by atoms with Crippen molar-refractivity contribution in [3.63, 3.8) is 0 Å². The van der Waals surface area contributed by atoms with Crippen LogP contribution in [0.1, 0.15) is 30.7 Å². The van der Waals surface area contributed by atoms with Crippen LogP contribution >= 0.6 is 12.2 Å². The van der Waals surface area contributed by atoms with Crippen LogP contribution in [0.2, 0.25) is 0 Å². The van der Waals surface area contributed by atoms with E-state index < -0.39 is 11.8 Å². The highest BCUT2D eigenvalue weighted by molar-refractivity contribution is 7.80. The van der Waals surface area contributed by atoms with Gasteiger partial charge in [-0.15, -0.1) is 0 Å². The number of aryl methyl sites for hydroxylation is 2. The summed E-state index contributed by atoms with van der Waals surface area (Å²) < 4.78 is 5.80. The van der Waals surface area contributed by atoms with Crippen molar-refractivity contribution in [2.24, 2.45) is 0 Å². The van der Waals surface area contributed by atoms with Crippen molar-refractivity contribution in [1.82, 2.24) is 5.32 Å². The van der Waals surface area contributed by atoms with E-state index in [0.717, 1.165) is 24.2 Å². The lowest BCUT2D eigenvalue weighted by Gasteiger charge is -2.30. The molecule has 1 saturated heterocycles. The first kappa shape index (κ1) is 19.8. The quantitative estimate of drug-likeness (QED) is 0.475. The van der Waals surface area contributed by atoms with Gasteiger partial charge in [0.1, 0.15) is 11.3 Å². The van der Waals surface area contributed by atoms with Crippen molar-refractivity contribution < 1.29 is 14.0 Å². The van der Waals surface area contributed by atoms with E-state index in [0.29, 0.717) is 17.3 Å². The molecule has 0 spiro atoms. The second-order valence-electron chi connectivity index (χ2n) is 6.60. The molecule has 0 atom stereocenters. The Kier molecular flexibility index (Phi) is 5.65. The second-order valence-corrected chi connectivity index (χ2v) is 6.98. The predicted octanol–water partition coefficient (Wildman–Crippen LogP) is 3.57. The van der Waals surface area contributed by atoms with Gasteiger partial charge in [-0.3, -0.25) is 19.8 Å². The SMILES string of the molecule is CCN(CC)c1ccc(/C=C2\C(=O)NC(=S)N(c3cc(C)ccc3C)C2=O)o1. The van der Waals surface area contributed by atoms with Gasteiger partial charge in [-0.25, -0.2) is 0 Å². The molecule has 1 aromatic heterocycles. The van der Waals surface area contributed by atoms with Gasteiger partial charge in [0.05, 0.1) is 5.69 Å². The number of rotatable bonds is 5. The molecule has 28 heavy (non-hydrogen) atoms. The number of carbonyl (C=O) groups is 2. The fraction of sp³-hybridized carbons (Fsp3) is 0.286. The molecule has 1 fully saturated rings. The lowest BCUT2D eigenvalue weighted by molar-refractivity contribution is -0.122. The Bertz CT molecular complexity index is 973. The monoisotopic (exact) mass is 397 g/mol. The average Bonchev–Trinajstić information content (AvgIpc) is 3.11. The number of anilines is 2. The number of benzene rings is 1. The number of nitrogens with zero attached hydrogens (tertiary/aromatic N) is 2. The highest BCUT2D eigenvalue weighted by Crippen LogP contribution is 2.27. The van der Waals surface area contributed by atoms with Crippen molar-refractivity contribution in [1.29, 1.82) is 0 Å². The average molecular weight is 398 g/mol. The topological polar surface area (TPSA) is 65.8 Å². The van der Waals surface area contributed by atoms with Gasteiger partial charge in [0, 0.05) is 19.2 Å². The van der Waals surface area contributed by atoms with E-state index >= 15 is 0 Å². The normalized spacial score (nSPS) is 15.9. The van der Waals surface area contributed by atoms with Gasteiger partial charge in [-0.05, 0) is 69.2 Å². The molecule has 2 heterocycles. The third-order valence-electron chi connectivity index (χ3n) is 4.68. The molecule has 6 nitrogen and oxygen atoms in total. The Balaban J connectivity index is 1.98. The first-order valence-electron chi connectivity index (χ1n) is 9.19. The second kappa shape index (κ2) is 7.98. The molecule has 0 unspecified atom stereocenters.